The maximum Gasteiger partial charge on any atom is 0.371 e. The molecule has 3 heteroatoms. The minimum Gasteiger partial charge on any atom is -0.475 e. The zero-order chi connectivity index (χ0) is 7.72. The quantitative estimate of drug-likeness (QED) is 0.618. The van der Waals surface area contributed by atoms with E-state index in [1.54, 1.807) is 6.92 Å². The molecule has 9 heavy (non-hydrogen) atoms. The Kier molecular flexibility index (Phi) is 0.990. The number of rotatable bonds is 1. The van der Waals surface area contributed by atoms with Crippen molar-refractivity contribution in [1.82, 2.24) is 0 Å². The molecule has 3 nitrogen and oxygen atoms in total. The van der Waals surface area contributed by atoms with Crippen molar-refractivity contribution in [3.8, 4) is 0 Å². The highest BCUT2D eigenvalue weighted by atomic mass is 16.4. The molecule has 1 N–H and O–H groups in total. The van der Waals surface area contributed by atoms with Crippen molar-refractivity contribution in [3.63, 3.8) is 0 Å². The van der Waals surface area contributed by atoms with E-state index in [0.29, 0.717) is 5.76 Å². The molecule has 0 aliphatic carbocycles. The monoisotopic (exact) mass is 127 g/mol. The molecule has 0 radical (unpaired) electrons. The number of aryl methyl sites for hydroxylation is 1. The molecule has 0 aromatic carbocycles. The Morgan fingerprint density at radius 2 is 2.67 bits per heavy atom. The van der Waals surface area contributed by atoms with Gasteiger partial charge in [-0.1, -0.05) is 0 Å². The third-order valence-corrected chi connectivity index (χ3v) is 0.864. The normalized spacial score (nSPS) is 11.0. The van der Waals surface area contributed by atoms with Gasteiger partial charge in [0.05, 0.1) is 1.37 Å². The number of carbonyl (C=O) groups is 1. The molecule has 1 heterocycles. The summed E-state index contributed by atoms with van der Waals surface area (Å²) in [5.74, 6) is -1.04. The van der Waals surface area contributed by atoms with Gasteiger partial charge >= 0.3 is 5.97 Å². The second-order valence-corrected chi connectivity index (χ2v) is 1.64. The molecule has 0 aliphatic rings. The average Bonchev–Trinajstić information content (AvgIpc) is 2.10. The van der Waals surface area contributed by atoms with E-state index in [9.17, 15) is 4.79 Å². The molecule has 0 aliphatic heterocycles. The van der Waals surface area contributed by atoms with Gasteiger partial charge in [0.15, 0.2) is 0 Å². The summed E-state index contributed by atoms with van der Waals surface area (Å²) >= 11 is 0. The molecule has 1 aromatic heterocycles. The van der Waals surface area contributed by atoms with Crippen LogP contribution in [0.15, 0.2) is 16.5 Å². The molecule has 0 bridgehead atoms. The van der Waals surface area contributed by atoms with Crippen LogP contribution in [0, 0.1) is 6.92 Å². The van der Waals surface area contributed by atoms with Gasteiger partial charge in [-0.25, -0.2) is 4.79 Å². The predicted octanol–water partition coefficient (Wildman–Crippen LogP) is 1.29. The van der Waals surface area contributed by atoms with Crippen molar-refractivity contribution in [2.75, 3.05) is 0 Å². The van der Waals surface area contributed by atoms with Crippen molar-refractivity contribution in [1.29, 1.82) is 0 Å². The summed E-state index contributed by atoms with van der Waals surface area (Å²) in [7, 11) is 0. The van der Waals surface area contributed by atoms with Crippen LogP contribution in [0.25, 0.3) is 0 Å². The van der Waals surface area contributed by atoms with Crippen LogP contribution in [0.1, 0.15) is 17.7 Å². The van der Waals surface area contributed by atoms with E-state index in [-0.39, 0.29) is 11.8 Å². The lowest BCUT2D eigenvalue weighted by Crippen LogP contribution is -1.91. The number of hydrogen-bond acceptors (Lipinski definition) is 2. The summed E-state index contributed by atoms with van der Waals surface area (Å²) in [5.41, 5.74) is 0. The maximum absolute atomic E-state index is 10.2. The van der Waals surface area contributed by atoms with Crippen LogP contribution in [-0.4, -0.2) is 11.1 Å². The van der Waals surface area contributed by atoms with Crippen LogP contribution in [0.5, 0.6) is 0 Å². The lowest BCUT2D eigenvalue weighted by atomic mass is 10.4. The minimum atomic E-state index is -1.20. The summed E-state index contributed by atoms with van der Waals surface area (Å²) in [6.07, 6.45) is 0. The second kappa shape index (κ2) is 1.93. The lowest BCUT2D eigenvalue weighted by Gasteiger charge is -1.82. The van der Waals surface area contributed by atoms with Crippen LogP contribution < -0.4 is 0 Å². The first-order valence-corrected chi connectivity index (χ1v) is 2.41. The molecule has 0 fully saturated rings. The molecule has 0 unspecified atom stereocenters. The average molecular weight is 127 g/mol. The Morgan fingerprint density at radius 1 is 2.00 bits per heavy atom. The molecular formula is C6H6O3. The number of furan rings is 1. The zero-order valence-corrected chi connectivity index (χ0v) is 4.84. The van der Waals surface area contributed by atoms with Gasteiger partial charge in [0.25, 0.3) is 0 Å². The van der Waals surface area contributed by atoms with Gasteiger partial charge in [-0.05, 0) is 19.0 Å². The van der Waals surface area contributed by atoms with E-state index >= 15 is 0 Å². The summed E-state index contributed by atoms with van der Waals surface area (Å²) in [5, 5.41) is 8.37. The Bertz CT molecular complexity index is 264. The molecular weight excluding hydrogens is 120 g/mol. The molecule has 0 saturated carbocycles. The van der Waals surface area contributed by atoms with Gasteiger partial charge in [0.1, 0.15) is 5.76 Å². The lowest BCUT2D eigenvalue weighted by molar-refractivity contribution is 0.0661. The van der Waals surface area contributed by atoms with Crippen LogP contribution in [0.3, 0.4) is 0 Å². The highest BCUT2D eigenvalue weighted by Gasteiger charge is 2.04. The van der Waals surface area contributed by atoms with Crippen molar-refractivity contribution in [3.05, 3.63) is 23.6 Å². The molecule has 0 atom stereocenters. The third kappa shape index (κ3) is 1.10. The molecule has 1 aromatic rings. The number of carboxylic acid groups (broad SMARTS) is 1. The molecule has 0 saturated heterocycles. The predicted molar refractivity (Wildman–Crippen MR) is 30.4 cm³/mol. The van der Waals surface area contributed by atoms with Gasteiger partial charge in [-0.2, -0.15) is 0 Å². The van der Waals surface area contributed by atoms with E-state index in [1.165, 1.54) is 6.07 Å². The summed E-state index contributed by atoms with van der Waals surface area (Å²) in [6, 6.07) is 1.29. The van der Waals surface area contributed by atoms with Crippen LogP contribution in [-0.2, 0) is 0 Å². The largest absolute Gasteiger partial charge is 0.475 e. The molecule has 48 valence electrons. The number of carboxylic acids is 1. The maximum atomic E-state index is 10.2. The van der Waals surface area contributed by atoms with Gasteiger partial charge in [0.2, 0.25) is 5.76 Å². The summed E-state index contributed by atoms with van der Waals surface area (Å²) in [6.45, 7) is 1.60. The topological polar surface area (TPSA) is 50.4 Å². The van der Waals surface area contributed by atoms with Gasteiger partial charge in [0, 0.05) is 0 Å². The van der Waals surface area contributed by atoms with Crippen molar-refractivity contribution < 1.29 is 15.7 Å². The zero-order valence-electron chi connectivity index (χ0n) is 5.84. The van der Waals surface area contributed by atoms with Crippen LogP contribution >= 0.6 is 0 Å². The summed E-state index contributed by atoms with van der Waals surface area (Å²) < 4.78 is 11.7. The number of hydrogen-bond donors (Lipinski definition) is 1. The molecule has 1 rings (SSSR count). The second-order valence-electron chi connectivity index (χ2n) is 1.64. The fourth-order valence-electron chi connectivity index (χ4n) is 0.492. The van der Waals surface area contributed by atoms with Crippen molar-refractivity contribution >= 4 is 5.97 Å². The Hall–Kier alpha value is -1.25. The first-order valence-electron chi connectivity index (χ1n) is 2.91. The molecule has 0 spiro atoms. The standard InChI is InChI=1S/C6H6O3/c1-4-2-3-5(9-4)6(7)8/h2-3H,1H3,(H,7,8)/i3D. The van der Waals surface area contributed by atoms with E-state index in [4.69, 9.17) is 6.48 Å². The third-order valence-electron chi connectivity index (χ3n) is 0.864. The highest BCUT2D eigenvalue weighted by molar-refractivity contribution is 5.84. The van der Waals surface area contributed by atoms with E-state index in [0.717, 1.165) is 0 Å². The van der Waals surface area contributed by atoms with E-state index < -0.39 is 5.97 Å². The van der Waals surface area contributed by atoms with Gasteiger partial charge < -0.3 is 9.52 Å². The SMILES string of the molecule is [2H]c1cc(C)oc1C(=O)O. The Morgan fingerprint density at radius 3 is 2.89 bits per heavy atom. The fourth-order valence-corrected chi connectivity index (χ4v) is 0.492. The van der Waals surface area contributed by atoms with Crippen molar-refractivity contribution in [2.24, 2.45) is 0 Å². The Balaban J connectivity index is 3.15. The smallest absolute Gasteiger partial charge is 0.371 e. The van der Waals surface area contributed by atoms with E-state index in [1.807, 2.05) is 0 Å². The first-order chi connectivity index (χ1) is 4.61. The fraction of sp³-hybridized carbons (Fsp3) is 0.167. The van der Waals surface area contributed by atoms with Crippen molar-refractivity contribution in [2.45, 2.75) is 6.92 Å². The minimum absolute atomic E-state index is 0.0787. The van der Waals surface area contributed by atoms with Crippen LogP contribution in [0.4, 0.5) is 0 Å². The number of aromatic carboxylic acids is 1. The van der Waals surface area contributed by atoms with Gasteiger partial charge in [-0.3, -0.25) is 0 Å². The molecule has 0 amide bonds. The van der Waals surface area contributed by atoms with Crippen LogP contribution in [0.2, 0.25) is 0 Å². The van der Waals surface area contributed by atoms with Gasteiger partial charge in [-0.15, -0.1) is 0 Å². The van der Waals surface area contributed by atoms with E-state index in [2.05, 4.69) is 4.42 Å². The first kappa shape index (κ1) is 4.61. The summed E-state index contributed by atoms with van der Waals surface area (Å²) in [4.78, 5) is 10.2. The Labute approximate surface area is 53.3 Å². The highest BCUT2D eigenvalue weighted by Crippen LogP contribution is 2.04.